The second-order valence-corrected chi connectivity index (χ2v) is 8.39. The quantitative estimate of drug-likeness (QED) is 0.662. The van der Waals surface area contributed by atoms with Crippen LogP contribution in [0.5, 0.6) is 0 Å². The number of hydrogen-bond donors (Lipinski definition) is 2. The molecule has 2 heterocycles. The van der Waals surface area contributed by atoms with Crippen molar-refractivity contribution in [1.82, 2.24) is 15.0 Å². The number of benzene rings is 1. The van der Waals surface area contributed by atoms with Gasteiger partial charge in [-0.1, -0.05) is 12.1 Å². The molecular formula is C18H18F4N4O3S. The van der Waals surface area contributed by atoms with Crippen LogP contribution in [0.15, 0.2) is 47.5 Å². The van der Waals surface area contributed by atoms with Crippen LogP contribution in [0, 0.1) is 5.82 Å². The summed E-state index contributed by atoms with van der Waals surface area (Å²) in [6.07, 6.45) is -3.21. The number of aromatic nitrogens is 1. The minimum Gasteiger partial charge on any atom is -0.354 e. The van der Waals surface area contributed by atoms with Crippen LogP contribution in [0.1, 0.15) is 12.0 Å². The topological polar surface area (TPSA) is 91.4 Å². The summed E-state index contributed by atoms with van der Waals surface area (Å²) in [6.45, 7) is 0.195. The Kier molecular flexibility index (Phi) is 6.27. The Morgan fingerprint density at radius 1 is 1.20 bits per heavy atom. The Morgan fingerprint density at radius 3 is 2.57 bits per heavy atom. The van der Waals surface area contributed by atoms with Gasteiger partial charge in [0, 0.05) is 25.3 Å². The molecule has 1 atom stereocenters. The Balaban J connectivity index is 1.52. The van der Waals surface area contributed by atoms with Crippen LogP contribution >= 0.6 is 0 Å². The minimum atomic E-state index is -4.47. The summed E-state index contributed by atoms with van der Waals surface area (Å²) in [6, 6.07) is 6.65. The highest BCUT2D eigenvalue weighted by Gasteiger charge is 2.31. The van der Waals surface area contributed by atoms with Crippen LogP contribution in [0.2, 0.25) is 0 Å². The molecule has 3 rings (SSSR count). The zero-order valence-corrected chi connectivity index (χ0v) is 16.3. The molecule has 1 aliphatic rings. The maximum Gasteiger partial charge on any atom is 0.417 e. The number of nitrogens with one attached hydrogen (secondary N) is 2. The maximum atomic E-state index is 13.6. The number of sulfonamides is 1. The van der Waals surface area contributed by atoms with Crippen LogP contribution in [-0.2, 0) is 21.0 Å². The van der Waals surface area contributed by atoms with Crippen LogP contribution in [0.4, 0.5) is 23.4 Å². The van der Waals surface area contributed by atoms with Gasteiger partial charge in [0.2, 0.25) is 15.9 Å². The molecule has 1 aliphatic heterocycles. The summed E-state index contributed by atoms with van der Waals surface area (Å²) in [7, 11) is -4.19. The molecule has 0 bridgehead atoms. The molecule has 1 aromatic carbocycles. The maximum absolute atomic E-state index is 13.6. The van der Waals surface area contributed by atoms with Gasteiger partial charge >= 0.3 is 6.18 Å². The summed E-state index contributed by atoms with van der Waals surface area (Å²) in [5.74, 6) is -1.19. The zero-order chi connectivity index (χ0) is 21.9. The highest BCUT2D eigenvalue weighted by atomic mass is 32.2. The second-order valence-electron chi connectivity index (χ2n) is 6.66. The first kappa shape index (κ1) is 22.0. The van der Waals surface area contributed by atoms with Gasteiger partial charge in [0.05, 0.1) is 12.1 Å². The number of carbonyl (C=O) groups excluding carboxylic acids is 1. The molecule has 0 spiro atoms. The number of amides is 1. The van der Waals surface area contributed by atoms with Crippen molar-refractivity contribution in [1.29, 1.82) is 0 Å². The van der Waals surface area contributed by atoms with Gasteiger partial charge in [0.1, 0.15) is 16.5 Å². The highest BCUT2D eigenvalue weighted by molar-refractivity contribution is 7.89. The predicted molar refractivity (Wildman–Crippen MR) is 99.6 cm³/mol. The van der Waals surface area contributed by atoms with E-state index in [0.29, 0.717) is 25.3 Å². The first-order valence-corrected chi connectivity index (χ1v) is 10.4. The fourth-order valence-corrected chi connectivity index (χ4v) is 4.07. The molecule has 1 saturated heterocycles. The Bertz CT molecular complexity index is 1010. The number of halogens is 4. The van der Waals surface area contributed by atoms with E-state index in [0.717, 1.165) is 24.4 Å². The molecule has 1 unspecified atom stereocenters. The Morgan fingerprint density at radius 2 is 1.93 bits per heavy atom. The van der Waals surface area contributed by atoms with E-state index in [4.69, 9.17) is 0 Å². The number of alkyl halides is 3. The lowest BCUT2D eigenvalue weighted by molar-refractivity contribution is -0.137. The van der Waals surface area contributed by atoms with Crippen molar-refractivity contribution in [3.63, 3.8) is 0 Å². The minimum absolute atomic E-state index is 0.310. The summed E-state index contributed by atoms with van der Waals surface area (Å²) in [5, 5.41) is 2.64. The third-order valence-electron chi connectivity index (χ3n) is 4.50. The Hall–Kier alpha value is -2.73. The first-order chi connectivity index (χ1) is 14.1. The molecule has 2 N–H and O–H groups in total. The van der Waals surface area contributed by atoms with E-state index in [9.17, 15) is 30.8 Å². The number of pyridine rings is 1. The zero-order valence-electron chi connectivity index (χ0n) is 15.5. The summed E-state index contributed by atoms with van der Waals surface area (Å²) >= 11 is 0. The molecule has 1 fully saturated rings. The van der Waals surface area contributed by atoms with Crippen molar-refractivity contribution < 1.29 is 30.8 Å². The number of nitrogens with zero attached hydrogens (tertiary/aromatic N) is 2. The van der Waals surface area contributed by atoms with Crippen molar-refractivity contribution in [3.8, 4) is 0 Å². The molecule has 1 aromatic heterocycles. The standard InChI is InChI=1S/C18H18F4N4O3S/c19-14-3-1-2-4-15(14)30(28,29)24-10-17(27)25-13-7-8-26(11-13)16-6-5-12(9-23-16)18(20,21)22/h1-6,9,13,24H,7-8,10-11H2,(H,25,27). The van der Waals surface area contributed by atoms with E-state index < -0.39 is 44.9 Å². The smallest absolute Gasteiger partial charge is 0.354 e. The average molecular weight is 446 g/mol. The van der Waals surface area contributed by atoms with E-state index in [2.05, 4.69) is 10.3 Å². The van der Waals surface area contributed by atoms with Gasteiger partial charge in [-0.2, -0.15) is 13.2 Å². The van der Waals surface area contributed by atoms with Crippen molar-refractivity contribution in [2.75, 3.05) is 24.5 Å². The fraction of sp³-hybridized carbons (Fsp3) is 0.333. The Labute approximate surface area is 170 Å². The SMILES string of the molecule is O=C(CNS(=O)(=O)c1ccccc1F)NC1CCN(c2ccc(C(F)(F)F)cn2)C1. The van der Waals surface area contributed by atoms with Crippen molar-refractivity contribution in [2.45, 2.75) is 23.5 Å². The van der Waals surface area contributed by atoms with Gasteiger partial charge in [-0.3, -0.25) is 4.79 Å². The number of carbonyl (C=O) groups is 1. The molecule has 7 nitrogen and oxygen atoms in total. The van der Waals surface area contributed by atoms with Gasteiger partial charge in [-0.15, -0.1) is 0 Å². The third kappa shape index (κ3) is 5.25. The lowest BCUT2D eigenvalue weighted by Gasteiger charge is -2.18. The van der Waals surface area contributed by atoms with Crippen LogP contribution in [0.3, 0.4) is 0 Å². The third-order valence-corrected chi connectivity index (χ3v) is 5.94. The van der Waals surface area contributed by atoms with E-state index in [1.54, 1.807) is 4.90 Å². The normalized spacial score (nSPS) is 17.2. The predicted octanol–water partition coefficient (Wildman–Crippen LogP) is 1.91. The van der Waals surface area contributed by atoms with Crippen molar-refractivity contribution >= 4 is 21.7 Å². The van der Waals surface area contributed by atoms with E-state index in [1.807, 2.05) is 4.72 Å². The van der Waals surface area contributed by atoms with E-state index in [1.165, 1.54) is 18.2 Å². The van der Waals surface area contributed by atoms with Gasteiger partial charge in [-0.05, 0) is 30.7 Å². The molecule has 0 radical (unpaired) electrons. The van der Waals surface area contributed by atoms with E-state index >= 15 is 0 Å². The molecule has 30 heavy (non-hydrogen) atoms. The van der Waals surface area contributed by atoms with Crippen molar-refractivity contribution in [2.24, 2.45) is 0 Å². The summed E-state index contributed by atoms with van der Waals surface area (Å²) < 4.78 is 77.7. The molecule has 1 amide bonds. The average Bonchev–Trinajstić information content (AvgIpc) is 3.14. The molecule has 0 saturated carbocycles. The monoisotopic (exact) mass is 446 g/mol. The molecule has 12 heteroatoms. The largest absolute Gasteiger partial charge is 0.417 e. The first-order valence-electron chi connectivity index (χ1n) is 8.88. The molecule has 2 aromatic rings. The summed E-state index contributed by atoms with van der Waals surface area (Å²) in [4.78, 5) is 17.0. The summed E-state index contributed by atoms with van der Waals surface area (Å²) in [5.41, 5.74) is -0.850. The van der Waals surface area contributed by atoms with Gasteiger partial charge in [-0.25, -0.2) is 22.5 Å². The fourth-order valence-electron chi connectivity index (χ4n) is 3.01. The molecule has 162 valence electrons. The van der Waals surface area contributed by atoms with E-state index in [-0.39, 0.29) is 6.04 Å². The number of hydrogen-bond acceptors (Lipinski definition) is 5. The lowest BCUT2D eigenvalue weighted by atomic mass is 10.2. The van der Waals surface area contributed by atoms with Gasteiger partial charge in [0.15, 0.2) is 0 Å². The van der Waals surface area contributed by atoms with Gasteiger partial charge in [0.25, 0.3) is 0 Å². The number of anilines is 1. The lowest BCUT2D eigenvalue weighted by Crippen LogP contribution is -2.43. The van der Waals surface area contributed by atoms with Gasteiger partial charge < -0.3 is 10.2 Å². The highest BCUT2D eigenvalue weighted by Crippen LogP contribution is 2.29. The molecule has 0 aliphatic carbocycles. The second kappa shape index (κ2) is 8.56. The van der Waals surface area contributed by atoms with Crippen LogP contribution in [-0.4, -0.2) is 45.0 Å². The molecular weight excluding hydrogens is 428 g/mol. The number of rotatable bonds is 6. The van der Waals surface area contributed by atoms with Crippen LogP contribution < -0.4 is 14.9 Å². The van der Waals surface area contributed by atoms with Crippen LogP contribution in [0.25, 0.3) is 0 Å². The van der Waals surface area contributed by atoms with Crippen molar-refractivity contribution in [3.05, 3.63) is 54.0 Å².